The molecule has 85 valence electrons. The molecule has 1 aromatic rings. The average molecular weight is 256 g/mol. The van der Waals surface area contributed by atoms with Gasteiger partial charge < -0.3 is 1.43 Å². The van der Waals surface area contributed by atoms with Crippen LogP contribution in [0.5, 0.6) is 0 Å². The molecule has 0 heterocycles. The predicted molar refractivity (Wildman–Crippen MR) is 70.9 cm³/mol. The molecule has 0 fully saturated rings. The van der Waals surface area contributed by atoms with Crippen LogP contribution in [0.2, 0.25) is 0 Å². The summed E-state index contributed by atoms with van der Waals surface area (Å²) >= 11 is -1.41. The van der Waals surface area contributed by atoms with E-state index in [4.69, 9.17) is 0 Å². The maximum absolute atomic E-state index is 2.35. The molecule has 17 heavy (non-hydrogen) atoms. The van der Waals surface area contributed by atoms with E-state index in [1.54, 1.807) is 11.6 Å². The number of hydrogen-bond acceptors (Lipinski definition) is 0. The molecule has 2 aliphatic carbocycles. The largest absolute Gasteiger partial charge is 1.00 e. The van der Waals surface area contributed by atoms with Gasteiger partial charge in [-0.3, -0.25) is 0 Å². The van der Waals surface area contributed by atoms with Crippen LogP contribution >= 0.6 is 0 Å². The summed E-state index contributed by atoms with van der Waals surface area (Å²) in [6.07, 6.45) is 16.0. The number of hydrogen-bond donors (Lipinski definition) is 0. The second-order valence-electron chi connectivity index (χ2n) is 4.39. The van der Waals surface area contributed by atoms with Crippen molar-refractivity contribution in [2.75, 3.05) is 0 Å². The van der Waals surface area contributed by atoms with Gasteiger partial charge in [-0.25, -0.2) is 0 Å². The van der Waals surface area contributed by atoms with Crippen molar-refractivity contribution in [2.45, 2.75) is 12.8 Å². The van der Waals surface area contributed by atoms with Crippen LogP contribution in [0, 0.1) is 0 Å². The monoisotopic (exact) mass is 256 g/mol. The molecule has 0 nitrogen and oxygen atoms in total. The van der Waals surface area contributed by atoms with E-state index in [-0.39, 0.29) is 1.43 Å². The molecule has 3 rings (SSSR count). The number of benzene rings is 1. The predicted octanol–water partition coefficient (Wildman–Crippen LogP) is 3.73. The fourth-order valence-corrected chi connectivity index (χ4v) is 6.90. The second-order valence-corrected chi connectivity index (χ2v) is 8.47. The Morgan fingerprint density at radius 1 is 0.824 bits per heavy atom. The minimum absolute atomic E-state index is 0. The van der Waals surface area contributed by atoms with Gasteiger partial charge >= 0.3 is 109 Å². The first-order valence-corrected chi connectivity index (χ1v) is 8.44. The Kier molecular flexibility index (Phi) is 3.26. The first-order chi connectivity index (χ1) is 8.45. The summed E-state index contributed by atoms with van der Waals surface area (Å²) in [6.45, 7) is 0. The standard InChI is InChI=1S/C6H5.2C5H5.Ti.H/c1-2-4-6-5-3-1;2*1-2-4-5-3-1;;/h1-5H;2*1-3H,4H2;;/q;;;;-1. The molecular weight excluding hydrogens is 240 g/mol. The SMILES string of the molecule is C1=CC[C]([Ti]([C]2=CC=CC2)[c]2ccccc2)=C1.[H-]. The molecule has 0 atom stereocenters. The van der Waals surface area contributed by atoms with Crippen molar-refractivity contribution in [3.63, 3.8) is 0 Å². The van der Waals surface area contributed by atoms with Gasteiger partial charge in [0.1, 0.15) is 0 Å². The van der Waals surface area contributed by atoms with Crippen LogP contribution in [0.4, 0.5) is 0 Å². The molecule has 0 spiro atoms. The van der Waals surface area contributed by atoms with Crippen LogP contribution in [-0.4, -0.2) is 0 Å². The summed E-state index contributed by atoms with van der Waals surface area (Å²) in [7, 11) is 0. The van der Waals surface area contributed by atoms with E-state index in [0.717, 1.165) is 0 Å². The van der Waals surface area contributed by atoms with Crippen LogP contribution in [0.1, 0.15) is 14.3 Å². The molecule has 1 heteroatoms. The molecule has 1 aromatic carbocycles. The summed E-state index contributed by atoms with van der Waals surface area (Å²) in [5, 5.41) is 0. The van der Waals surface area contributed by atoms with Crippen LogP contribution in [0.25, 0.3) is 0 Å². The fraction of sp³-hybridized carbons (Fsp3) is 0.125. The van der Waals surface area contributed by atoms with Gasteiger partial charge in [0.25, 0.3) is 0 Å². The molecule has 0 amide bonds. The van der Waals surface area contributed by atoms with E-state index in [0.29, 0.717) is 0 Å². The van der Waals surface area contributed by atoms with Crippen LogP contribution < -0.4 is 3.87 Å². The zero-order valence-electron chi connectivity index (χ0n) is 10.8. The van der Waals surface area contributed by atoms with Crippen molar-refractivity contribution < 1.29 is 19.3 Å². The van der Waals surface area contributed by atoms with Gasteiger partial charge in [0.05, 0.1) is 0 Å². The van der Waals surface area contributed by atoms with Crippen LogP contribution in [-0.2, 0) is 17.9 Å². The molecule has 0 unspecified atom stereocenters. The minimum atomic E-state index is -1.41. The first kappa shape index (κ1) is 11.0. The summed E-state index contributed by atoms with van der Waals surface area (Å²) < 4.78 is 4.95. The van der Waals surface area contributed by atoms with E-state index < -0.39 is 17.9 Å². The molecule has 0 N–H and O–H groups in total. The molecule has 0 bridgehead atoms. The van der Waals surface area contributed by atoms with Gasteiger partial charge in [0, 0.05) is 0 Å². The van der Waals surface area contributed by atoms with Gasteiger partial charge in [-0.1, -0.05) is 0 Å². The summed E-state index contributed by atoms with van der Waals surface area (Å²) in [5.41, 5.74) is 0. The minimum Gasteiger partial charge on any atom is -1.00 e. The maximum atomic E-state index is 2.35. The average Bonchev–Trinajstić information content (AvgIpc) is 3.04. The van der Waals surface area contributed by atoms with Gasteiger partial charge in [0.2, 0.25) is 0 Å². The normalized spacial score (nSPS) is 17.2. The van der Waals surface area contributed by atoms with Crippen molar-refractivity contribution in [3.8, 4) is 0 Å². The topological polar surface area (TPSA) is 0 Å². The second kappa shape index (κ2) is 5.04. The molecule has 0 saturated carbocycles. The Labute approximate surface area is 110 Å². The molecule has 0 aromatic heterocycles. The van der Waals surface area contributed by atoms with E-state index in [1.807, 2.05) is 0 Å². The number of rotatable bonds is 3. The van der Waals surface area contributed by atoms with Crippen molar-refractivity contribution in [3.05, 3.63) is 74.5 Å². The quantitative estimate of drug-likeness (QED) is 0.723. The van der Waals surface area contributed by atoms with Crippen molar-refractivity contribution >= 4 is 3.87 Å². The smallest absolute Gasteiger partial charge is 1.00 e. The van der Waals surface area contributed by atoms with Crippen molar-refractivity contribution in [2.24, 2.45) is 0 Å². The molecule has 2 aliphatic rings. The maximum Gasteiger partial charge on any atom is -1.00 e. The first-order valence-electron chi connectivity index (χ1n) is 6.09. The van der Waals surface area contributed by atoms with Gasteiger partial charge in [0.15, 0.2) is 0 Å². The third-order valence-electron chi connectivity index (χ3n) is 3.25. The van der Waals surface area contributed by atoms with E-state index in [1.165, 1.54) is 12.8 Å². The Hall–Kier alpha value is -1.11. The summed E-state index contributed by atoms with van der Waals surface area (Å²) in [6, 6.07) is 11.1. The number of allylic oxidation sites excluding steroid dienone is 8. The van der Waals surface area contributed by atoms with Gasteiger partial charge in [-0.2, -0.15) is 0 Å². The molecule has 0 saturated heterocycles. The molecule has 0 aliphatic heterocycles. The van der Waals surface area contributed by atoms with Crippen molar-refractivity contribution in [1.82, 2.24) is 0 Å². The van der Waals surface area contributed by atoms with Gasteiger partial charge in [-0.05, 0) is 0 Å². The van der Waals surface area contributed by atoms with Gasteiger partial charge in [-0.15, -0.1) is 0 Å². The van der Waals surface area contributed by atoms with E-state index >= 15 is 0 Å². The zero-order chi connectivity index (χ0) is 11.5. The Balaban J connectivity index is 0.00000120. The van der Waals surface area contributed by atoms with Crippen LogP contribution in [0.3, 0.4) is 0 Å². The molecule has 0 radical (unpaired) electrons. The Morgan fingerprint density at radius 2 is 1.41 bits per heavy atom. The third-order valence-corrected chi connectivity index (χ3v) is 7.83. The Bertz CT molecular complexity index is 493. The third kappa shape index (κ3) is 2.29. The van der Waals surface area contributed by atoms with E-state index in [9.17, 15) is 0 Å². The van der Waals surface area contributed by atoms with Crippen molar-refractivity contribution in [1.29, 1.82) is 0 Å². The molecular formula is C16H16Ti-. The zero-order valence-corrected chi connectivity index (χ0v) is 11.3. The summed E-state index contributed by atoms with van der Waals surface area (Å²) in [4.78, 5) is 0. The van der Waals surface area contributed by atoms with E-state index in [2.05, 4.69) is 66.8 Å². The fourth-order valence-electron chi connectivity index (χ4n) is 2.45. The Morgan fingerprint density at radius 3 is 1.88 bits per heavy atom. The summed E-state index contributed by atoms with van der Waals surface area (Å²) in [5.74, 6) is 0. The van der Waals surface area contributed by atoms with Crippen LogP contribution in [0.15, 0.2) is 74.5 Å².